The van der Waals surface area contributed by atoms with Crippen LogP contribution in [0.2, 0.25) is 0 Å². The Morgan fingerprint density at radius 1 is 1.24 bits per heavy atom. The molecule has 21 heavy (non-hydrogen) atoms. The number of aliphatic hydroxyl groups is 1. The van der Waals surface area contributed by atoms with E-state index >= 15 is 0 Å². The third-order valence-electron chi connectivity index (χ3n) is 5.05. The van der Waals surface area contributed by atoms with Gasteiger partial charge in [0, 0.05) is 23.9 Å². The van der Waals surface area contributed by atoms with Crippen molar-refractivity contribution in [3.8, 4) is 0 Å². The fraction of sp³-hybridized carbons (Fsp3) is 0.812. The van der Waals surface area contributed by atoms with Gasteiger partial charge in [0.1, 0.15) is 5.82 Å². The number of nitrogens with zero attached hydrogens (tertiary/aromatic N) is 1. The molecule has 1 aliphatic carbocycles. The van der Waals surface area contributed by atoms with Crippen LogP contribution in [0.3, 0.4) is 0 Å². The van der Waals surface area contributed by atoms with Gasteiger partial charge in [-0.05, 0) is 51.5 Å². The minimum absolute atomic E-state index is 0.0106. The molecule has 1 saturated carbocycles. The Labute approximate surface area is 126 Å². The normalized spacial score (nSPS) is 32.0. The molecule has 0 aromatic carbocycles. The predicted molar refractivity (Wildman–Crippen MR) is 83.0 cm³/mol. The lowest BCUT2D eigenvalue weighted by atomic mass is 9.86. The van der Waals surface area contributed by atoms with Crippen LogP contribution >= 0.6 is 0 Å². The van der Waals surface area contributed by atoms with Crippen molar-refractivity contribution in [2.45, 2.75) is 75.5 Å². The van der Waals surface area contributed by atoms with E-state index in [2.05, 4.69) is 15.3 Å². The molecule has 0 bridgehead atoms. The molecule has 1 saturated heterocycles. The maximum Gasteiger partial charge on any atom is 0.123 e. The third kappa shape index (κ3) is 3.84. The topological polar surface area (TPSA) is 87.0 Å². The van der Waals surface area contributed by atoms with Crippen molar-refractivity contribution >= 4 is 0 Å². The van der Waals surface area contributed by atoms with E-state index in [1.807, 2.05) is 6.20 Å². The molecule has 1 aliphatic heterocycles. The van der Waals surface area contributed by atoms with Crippen molar-refractivity contribution in [1.29, 1.82) is 0 Å². The Morgan fingerprint density at radius 2 is 2.05 bits per heavy atom. The Morgan fingerprint density at radius 3 is 2.76 bits per heavy atom. The first-order chi connectivity index (χ1) is 10.2. The number of hydrogen-bond donors (Lipinski definition) is 4. The number of imidazole rings is 1. The summed E-state index contributed by atoms with van der Waals surface area (Å²) in [7, 11) is 0. The maximum atomic E-state index is 9.60. The summed E-state index contributed by atoms with van der Waals surface area (Å²) in [5.41, 5.74) is 7.52. The number of piperidine rings is 1. The van der Waals surface area contributed by atoms with Gasteiger partial charge in [0.25, 0.3) is 0 Å². The van der Waals surface area contributed by atoms with Gasteiger partial charge in [-0.2, -0.15) is 0 Å². The summed E-state index contributed by atoms with van der Waals surface area (Å²) in [6, 6.07) is 0.524. The highest BCUT2D eigenvalue weighted by Gasteiger charge is 2.24. The third-order valence-corrected chi connectivity index (χ3v) is 5.05. The Balaban J connectivity index is 1.56. The number of aromatic nitrogens is 2. The van der Waals surface area contributed by atoms with Crippen LogP contribution in [0.15, 0.2) is 6.20 Å². The summed E-state index contributed by atoms with van der Waals surface area (Å²) in [4.78, 5) is 7.95. The van der Waals surface area contributed by atoms with Crippen molar-refractivity contribution in [3.05, 3.63) is 17.7 Å². The van der Waals surface area contributed by atoms with E-state index in [4.69, 9.17) is 5.73 Å². The van der Waals surface area contributed by atoms with Crippen LogP contribution in [0, 0.1) is 0 Å². The molecule has 1 unspecified atom stereocenters. The lowest BCUT2D eigenvalue weighted by molar-refractivity contribution is 0.122. The quantitative estimate of drug-likeness (QED) is 0.683. The first-order valence-electron chi connectivity index (χ1n) is 8.44. The van der Waals surface area contributed by atoms with Gasteiger partial charge in [0.15, 0.2) is 0 Å². The van der Waals surface area contributed by atoms with Crippen LogP contribution in [0.5, 0.6) is 0 Å². The zero-order valence-electron chi connectivity index (χ0n) is 12.7. The highest BCUT2D eigenvalue weighted by molar-refractivity contribution is 5.11. The maximum absolute atomic E-state index is 9.60. The number of aromatic amines is 1. The number of nitrogens with one attached hydrogen (secondary N) is 2. The summed E-state index contributed by atoms with van der Waals surface area (Å²) in [6.45, 7) is 1.12. The average molecular weight is 292 g/mol. The molecular weight excluding hydrogens is 264 g/mol. The number of aliphatic hydroxyl groups excluding tert-OH is 1. The van der Waals surface area contributed by atoms with Gasteiger partial charge < -0.3 is 21.1 Å². The van der Waals surface area contributed by atoms with Gasteiger partial charge >= 0.3 is 0 Å². The van der Waals surface area contributed by atoms with E-state index in [0.29, 0.717) is 12.0 Å². The molecule has 1 aromatic rings. The Hall–Kier alpha value is -0.910. The van der Waals surface area contributed by atoms with Gasteiger partial charge in [0.05, 0.1) is 12.1 Å². The summed E-state index contributed by atoms with van der Waals surface area (Å²) in [5.74, 6) is 1.43. The number of rotatable bonds is 4. The van der Waals surface area contributed by atoms with Crippen LogP contribution < -0.4 is 11.1 Å². The highest BCUT2D eigenvalue weighted by atomic mass is 16.3. The largest absolute Gasteiger partial charge is 0.393 e. The van der Waals surface area contributed by atoms with Gasteiger partial charge in [-0.3, -0.25) is 0 Å². The lowest BCUT2D eigenvalue weighted by Gasteiger charge is -2.25. The SMILES string of the molecule is N[C@@H](CC1CCCCN1)c1ncc(C2CCC(O)CC2)[nH]1. The molecule has 0 spiro atoms. The van der Waals surface area contributed by atoms with E-state index < -0.39 is 0 Å². The smallest absolute Gasteiger partial charge is 0.123 e. The van der Waals surface area contributed by atoms with E-state index in [-0.39, 0.29) is 12.1 Å². The molecule has 0 amide bonds. The monoisotopic (exact) mass is 292 g/mol. The number of H-pyrrole nitrogens is 1. The van der Waals surface area contributed by atoms with Crippen molar-refractivity contribution < 1.29 is 5.11 Å². The second-order valence-corrected chi connectivity index (χ2v) is 6.72. The molecule has 5 heteroatoms. The highest BCUT2D eigenvalue weighted by Crippen LogP contribution is 2.32. The van der Waals surface area contributed by atoms with Gasteiger partial charge in [-0.15, -0.1) is 0 Å². The first-order valence-corrected chi connectivity index (χ1v) is 8.44. The molecule has 2 heterocycles. The summed E-state index contributed by atoms with van der Waals surface area (Å²) >= 11 is 0. The van der Waals surface area contributed by atoms with E-state index in [1.54, 1.807) is 0 Å². The second kappa shape index (κ2) is 6.90. The standard InChI is InChI=1S/C16H28N4O/c17-14(9-12-3-1-2-8-18-12)16-19-10-15(20-16)11-4-6-13(21)7-5-11/h10-14,18,21H,1-9,17H2,(H,19,20)/t11?,12?,13?,14-/m0/s1. The van der Waals surface area contributed by atoms with Crippen LogP contribution in [-0.4, -0.2) is 33.8 Å². The van der Waals surface area contributed by atoms with Gasteiger partial charge in [-0.25, -0.2) is 4.98 Å². The van der Waals surface area contributed by atoms with Crippen LogP contribution in [0.1, 0.15) is 74.8 Å². The Bertz CT molecular complexity index is 433. The van der Waals surface area contributed by atoms with Crippen LogP contribution in [0.25, 0.3) is 0 Å². The van der Waals surface area contributed by atoms with Crippen molar-refractivity contribution in [2.75, 3.05) is 6.54 Å². The first kappa shape index (κ1) is 15.0. The summed E-state index contributed by atoms with van der Waals surface area (Å²) in [6.07, 6.45) is 10.5. The molecule has 2 atom stereocenters. The molecule has 3 rings (SSSR count). The molecule has 1 aromatic heterocycles. The molecule has 2 aliphatic rings. The van der Waals surface area contributed by atoms with Crippen molar-refractivity contribution in [2.24, 2.45) is 5.73 Å². The Kier molecular flexibility index (Phi) is 4.93. The average Bonchev–Trinajstić information content (AvgIpc) is 2.99. The second-order valence-electron chi connectivity index (χ2n) is 6.72. The van der Waals surface area contributed by atoms with Gasteiger partial charge in [0.2, 0.25) is 0 Å². The molecule has 2 fully saturated rings. The number of nitrogens with two attached hydrogens (primary N) is 1. The minimum Gasteiger partial charge on any atom is -0.393 e. The molecule has 5 N–H and O–H groups in total. The van der Waals surface area contributed by atoms with Crippen molar-refractivity contribution in [1.82, 2.24) is 15.3 Å². The zero-order valence-corrected chi connectivity index (χ0v) is 12.7. The minimum atomic E-state index is -0.108. The van der Waals surface area contributed by atoms with Crippen LogP contribution in [-0.2, 0) is 0 Å². The van der Waals surface area contributed by atoms with Gasteiger partial charge in [-0.1, -0.05) is 6.42 Å². The predicted octanol–water partition coefficient (Wildman–Crippen LogP) is 1.96. The van der Waals surface area contributed by atoms with Crippen molar-refractivity contribution in [3.63, 3.8) is 0 Å². The van der Waals surface area contributed by atoms with Crippen LogP contribution in [0.4, 0.5) is 0 Å². The molecular formula is C16H28N4O. The van der Waals surface area contributed by atoms with E-state index in [0.717, 1.165) is 44.5 Å². The fourth-order valence-corrected chi connectivity index (χ4v) is 3.68. The number of hydrogen-bond acceptors (Lipinski definition) is 4. The lowest BCUT2D eigenvalue weighted by Crippen LogP contribution is -2.36. The molecule has 5 nitrogen and oxygen atoms in total. The van der Waals surface area contributed by atoms with E-state index in [1.165, 1.54) is 25.0 Å². The molecule has 118 valence electrons. The zero-order chi connectivity index (χ0) is 14.7. The summed E-state index contributed by atoms with van der Waals surface area (Å²) < 4.78 is 0. The fourth-order valence-electron chi connectivity index (χ4n) is 3.68. The van der Waals surface area contributed by atoms with E-state index in [9.17, 15) is 5.11 Å². The summed E-state index contributed by atoms with van der Waals surface area (Å²) in [5, 5.41) is 13.1. The molecule has 0 radical (unpaired) electrons.